The van der Waals surface area contributed by atoms with Crippen LogP contribution < -0.4 is 4.74 Å². The van der Waals surface area contributed by atoms with Gasteiger partial charge in [-0.1, -0.05) is 0 Å². The Bertz CT molecular complexity index is 563. The highest BCUT2D eigenvalue weighted by Crippen LogP contribution is 2.29. The minimum atomic E-state index is 0.201. The first-order chi connectivity index (χ1) is 9.36. The second kappa shape index (κ2) is 5.45. The fourth-order valence-corrected chi connectivity index (χ4v) is 2.41. The van der Waals surface area contributed by atoms with E-state index in [2.05, 4.69) is 22.1 Å². The van der Waals surface area contributed by atoms with E-state index in [0.29, 0.717) is 0 Å². The van der Waals surface area contributed by atoms with Crippen LogP contribution in [0.25, 0.3) is 11.3 Å². The number of nitrogens with one attached hydrogen (secondary N) is 1. The summed E-state index contributed by atoms with van der Waals surface area (Å²) in [5.74, 6) is 1.94. The highest BCUT2D eigenvalue weighted by molar-refractivity contribution is 5.62. The van der Waals surface area contributed by atoms with Gasteiger partial charge in [-0.3, -0.25) is 0 Å². The van der Waals surface area contributed by atoms with Crippen molar-refractivity contribution in [3.8, 4) is 17.0 Å². The van der Waals surface area contributed by atoms with Crippen LogP contribution in [0.3, 0.4) is 0 Å². The molecule has 0 spiro atoms. The molecule has 2 N–H and O–H groups in total. The molecule has 0 unspecified atom stereocenters. The van der Waals surface area contributed by atoms with Gasteiger partial charge in [0, 0.05) is 18.6 Å². The lowest BCUT2D eigenvalue weighted by molar-refractivity contribution is 0.287. The number of imidazole rings is 1. The number of nitrogens with zero attached hydrogens (tertiary/aromatic N) is 1. The molecule has 0 radical (unpaired) electrons. The molecule has 19 heavy (non-hydrogen) atoms. The molecule has 4 heteroatoms. The molecule has 0 saturated carbocycles. The highest BCUT2D eigenvalue weighted by atomic mass is 16.5. The summed E-state index contributed by atoms with van der Waals surface area (Å²) in [5.41, 5.74) is 3.45. The summed E-state index contributed by atoms with van der Waals surface area (Å²) >= 11 is 0. The number of H-pyrrole nitrogens is 1. The molecular formula is C15H18N2O2. The number of aromatic nitrogens is 2. The average Bonchev–Trinajstić information content (AvgIpc) is 2.93. The van der Waals surface area contributed by atoms with E-state index >= 15 is 0 Å². The largest absolute Gasteiger partial charge is 0.493 e. The zero-order valence-corrected chi connectivity index (χ0v) is 10.9. The van der Waals surface area contributed by atoms with E-state index in [-0.39, 0.29) is 6.61 Å². The molecule has 0 amide bonds. The van der Waals surface area contributed by atoms with E-state index in [1.807, 2.05) is 12.3 Å². The first-order valence-electron chi connectivity index (χ1n) is 6.77. The predicted molar refractivity (Wildman–Crippen MR) is 73.2 cm³/mol. The lowest BCUT2D eigenvalue weighted by Crippen LogP contribution is -2.08. The van der Waals surface area contributed by atoms with Gasteiger partial charge in [-0.15, -0.1) is 0 Å². The Morgan fingerprint density at radius 2 is 2.32 bits per heavy atom. The van der Waals surface area contributed by atoms with E-state index in [4.69, 9.17) is 9.84 Å². The van der Waals surface area contributed by atoms with E-state index in [1.165, 1.54) is 5.56 Å². The Kier molecular flexibility index (Phi) is 3.51. The van der Waals surface area contributed by atoms with Gasteiger partial charge in [-0.05, 0) is 43.0 Å². The van der Waals surface area contributed by atoms with Crippen molar-refractivity contribution in [3.05, 3.63) is 35.8 Å². The van der Waals surface area contributed by atoms with Crippen molar-refractivity contribution in [1.82, 2.24) is 9.97 Å². The molecule has 0 atom stereocenters. The van der Waals surface area contributed by atoms with Crippen LogP contribution in [0.4, 0.5) is 0 Å². The number of aromatic amines is 1. The van der Waals surface area contributed by atoms with Crippen LogP contribution in [-0.2, 0) is 12.8 Å². The van der Waals surface area contributed by atoms with Gasteiger partial charge in [-0.2, -0.15) is 0 Å². The third-order valence-corrected chi connectivity index (χ3v) is 3.42. The number of fused-ring (bicyclic) bond motifs is 1. The fourth-order valence-electron chi connectivity index (χ4n) is 2.41. The first-order valence-corrected chi connectivity index (χ1v) is 6.77. The standard InChI is InChI=1S/C15H18N2O2/c18-7-1-4-15-16-10-13(17-15)11-5-6-14-12(9-11)3-2-8-19-14/h5-6,9-10,18H,1-4,7-8H2,(H,16,17). The Balaban J connectivity index is 1.83. The van der Waals surface area contributed by atoms with Crippen molar-refractivity contribution >= 4 is 0 Å². The van der Waals surface area contributed by atoms with Crippen molar-refractivity contribution < 1.29 is 9.84 Å². The van der Waals surface area contributed by atoms with Crippen LogP contribution >= 0.6 is 0 Å². The van der Waals surface area contributed by atoms with Crippen LogP contribution in [0.1, 0.15) is 24.2 Å². The van der Waals surface area contributed by atoms with Gasteiger partial charge in [0.1, 0.15) is 11.6 Å². The van der Waals surface area contributed by atoms with Crippen LogP contribution in [0.2, 0.25) is 0 Å². The summed E-state index contributed by atoms with van der Waals surface area (Å²) in [5, 5.41) is 8.83. The number of hydrogen-bond donors (Lipinski definition) is 2. The molecule has 3 rings (SSSR count). The molecule has 2 heterocycles. The van der Waals surface area contributed by atoms with Crippen molar-refractivity contribution in [1.29, 1.82) is 0 Å². The second-order valence-corrected chi connectivity index (χ2v) is 4.85. The number of aryl methyl sites for hydroxylation is 2. The molecule has 4 nitrogen and oxygen atoms in total. The zero-order chi connectivity index (χ0) is 13.1. The molecule has 100 valence electrons. The quantitative estimate of drug-likeness (QED) is 0.885. The molecule has 0 saturated heterocycles. The summed E-state index contributed by atoms with van der Waals surface area (Å²) in [7, 11) is 0. The van der Waals surface area contributed by atoms with Crippen LogP contribution in [0, 0.1) is 0 Å². The smallest absolute Gasteiger partial charge is 0.122 e. The lowest BCUT2D eigenvalue weighted by Gasteiger charge is -2.17. The van der Waals surface area contributed by atoms with E-state index in [0.717, 1.165) is 55.1 Å². The normalized spacial score (nSPS) is 13.9. The Hall–Kier alpha value is -1.81. The number of aliphatic hydroxyl groups excluding tert-OH is 1. The SMILES string of the molecule is OCCCc1ncc(-c2ccc3c(c2)CCCO3)[nH]1. The molecule has 1 aromatic carbocycles. The van der Waals surface area contributed by atoms with Gasteiger partial charge in [0.05, 0.1) is 18.5 Å². The minimum absolute atomic E-state index is 0.201. The zero-order valence-electron chi connectivity index (χ0n) is 10.9. The maximum Gasteiger partial charge on any atom is 0.122 e. The lowest BCUT2D eigenvalue weighted by atomic mass is 10.0. The Morgan fingerprint density at radius 3 is 3.21 bits per heavy atom. The van der Waals surface area contributed by atoms with Gasteiger partial charge in [0.2, 0.25) is 0 Å². The number of aliphatic hydroxyl groups is 1. The monoisotopic (exact) mass is 258 g/mol. The van der Waals surface area contributed by atoms with E-state index < -0.39 is 0 Å². The maximum atomic E-state index is 8.83. The van der Waals surface area contributed by atoms with E-state index in [1.54, 1.807) is 0 Å². The summed E-state index contributed by atoms with van der Waals surface area (Å²) in [6.45, 7) is 1.02. The maximum absolute atomic E-state index is 8.83. The molecule has 0 fully saturated rings. The molecule has 1 aliphatic heterocycles. The summed E-state index contributed by atoms with van der Waals surface area (Å²) < 4.78 is 5.62. The summed E-state index contributed by atoms with van der Waals surface area (Å²) in [6.07, 6.45) is 5.55. The summed E-state index contributed by atoms with van der Waals surface area (Å²) in [4.78, 5) is 7.65. The number of hydrogen-bond acceptors (Lipinski definition) is 3. The third-order valence-electron chi connectivity index (χ3n) is 3.42. The van der Waals surface area contributed by atoms with Crippen molar-refractivity contribution in [2.45, 2.75) is 25.7 Å². The molecule has 0 bridgehead atoms. The molecule has 0 aliphatic carbocycles. The van der Waals surface area contributed by atoms with Gasteiger partial charge in [0.25, 0.3) is 0 Å². The molecule has 1 aromatic heterocycles. The Labute approximate surface area is 112 Å². The van der Waals surface area contributed by atoms with Gasteiger partial charge in [0.15, 0.2) is 0 Å². The number of ether oxygens (including phenoxy) is 1. The fraction of sp³-hybridized carbons (Fsp3) is 0.400. The number of rotatable bonds is 4. The van der Waals surface area contributed by atoms with Crippen molar-refractivity contribution in [2.24, 2.45) is 0 Å². The van der Waals surface area contributed by atoms with Crippen LogP contribution in [0.15, 0.2) is 24.4 Å². The predicted octanol–water partition coefficient (Wildman–Crippen LogP) is 2.33. The first kappa shape index (κ1) is 12.2. The molecule has 1 aliphatic rings. The number of benzene rings is 1. The third kappa shape index (κ3) is 2.63. The summed E-state index contributed by atoms with van der Waals surface area (Å²) in [6, 6.07) is 6.28. The topological polar surface area (TPSA) is 58.1 Å². The van der Waals surface area contributed by atoms with Gasteiger partial charge in [-0.25, -0.2) is 4.98 Å². The van der Waals surface area contributed by atoms with Crippen molar-refractivity contribution in [3.63, 3.8) is 0 Å². The molecular weight excluding hydrogens is 240 g/mol. The second-order valence-electron chi connectivity index (χ2n) is 4.85. The molecule has 2 aromatic rings. The van der Waals surface area contributed by atoms with Gasteiger partial charge >= 0.3 is 0 Å². The van der Waals surface area contributed by atoms with Crippen LogP contribution in [0.5, 0.6) is 5.75 Å². The van der Waals surface area contributed by atoms with Gasteiger partial charge < -0.3 is 14.8 Å². The van der Waals surface area contributed by atoms with Crippen LogP contribution in [-0.4, -0.2) is 28.3 Å². The average molecular weight is 258 g/mol. The Morgan fingerprint density at radius 1 is 1.37 bits per heavy atom. The van der Waals surface area contributed by atoms with Crippen molar-refractivity contribution in [2.75, 3.05) is 13.2 Å². The van der Waals surface area contributed by atoms with E-state index in [9.17, 15) is 0 Å². The minimum Gasteiger partial charge on any atom is -0.493 e. The highest BCUT2D eigenvalue weighted by Gasteiger charge is 2.12.